The van der Waals surface area contributed by atoms with Gasteiger partial charge in [0, 0.05) is 18.7 Å². The summed E-state index contributed by atoms with van der Waals surface area (Å²) in [5.74, 6) is 0.144. The SMILES string of the molecule is COc1ccc(C(NC(=O)C2CCCN(C(=O)c3ccc(F)cc3)C2)C(C)C)cc1. The molecule has 1 heterocycles. The van der Waals surface area contributed by atoms with Gasteiger partial charge in [-0.2, -0.15) is 0 Å². The second-order valence-electron chi connectivity index (χ2n) is 8.10. The van der Waals surface area contributed by atoms with Crippen molar-refractivity contribution in [2.75, 3.05) is 20.2 Å². The van der Waals surface area contributed by atoms with Crippen molar-refractivity contribution in [3.8, 4) is 5.75 Å². The number of halogens is 1. The number of hydrogen-bond donors (Lipinski definition) is 1. The predicted molar refractivity (Wildman–Crippen MR) is 114 cm³/mol. The van der Waals surface area contributed by atoms with Crippen LogP contribution in [0.4, 0.5) is 4.39 Å². The number of methoxy groups -OCH3 is 1. The Morgan fingerprint density at radius 1 is 1.10 bits per heavy atom. The zero-order valence-electron chi connectivity index (χ0n) is 17.7. The lowest BCUT2D eigenvalue weighted by atomic mass is 9.92. The predicted octanol–water partition coefficient (Wildman–Crippen LogP) is 4.20. The molecule has 2 aromatic carbocycles. The van der Waals surface area contributed by atoms with E-state index in [1.165, 1.54) is 24.3 Å². The number of carbonyl (C=O) groups excluding carboxylic acids is 2. The molecule has 5 nitrogen and oxygen atoms in total. The van der Waals surface area contributed by atoms with Gasteiger partial charge in [-0.3, -0.25) is 9.59 Å². The van der Waals surface area contributed by atoms with Crippen LogP contribution < -0.4 is 10.1 Å². The van der Waals surface area contributed by atoms with Crippen molar-refractivity contribution in [1.82, 2.24) is 10.2 Å². The fraction of sp³-hybridized carbons (Fsp3) is 0.417. The minimum Gasteiger partial charge on any atom is -0.497 e. The minimum absolute atomic E-state index is 0.0406. The molecule has 30 heavy (non-hydrogen) atoms. The van der Waals surface area contributed by atoms with Crippen LogP contribution in [0.5, 0.6) is 5.75 Å². The third-order valence-corrected chi connectivity index (χ3v) is 5.61. The van der Waals surface area contributed by atoms with Crippen molar-refractivity contribution in [2.45, 2.75) is 32.7 Å². The topological polar surface area (TPSA) is 58.6 Å². The Labute approximate surface area is 177 Å². The monoisotopic (exact) mass is 412 g/mol. The van der Waals surface area contributed by atoms with E-state index >= 15 is 0 Å². The summed E-state index contributed by atoms with van der Waals surface area (Å²) in [6.45, 7) is 5.11. The molecule has 6 heteroatoms. The summed E-state index contributed by atoms with van der Waals surface area (Å²) >= 11 is 0. The minimum atomic E-state index is -0.374. The van der Waals surface area contributed by atoms with Crippen LogP contribution in [0.3, 0.4) is 0 Å². The fourth-order valence-electron chi connectivity index (χ4n) is 3.87. The molecule has 2 aromatic rings. The average Bonchev–Trinajstić information content (AvgIpc) is 2.77. The van der Waals surface area contributed by atoms with Crippen LogP contribution in [0, 0.1) is 17.7 Å². The number of ether oxygens (including phenoxy) is 1. The molecule has 2 amide bonds. The highest BCUT2D eigenvalue weighted by atomic mass is 19.1. The Morgan fingerprint density at radius 3 is 2.37 bits per heavy atom. The number of nitrogens with one attached hydrogen (secondary N) is 1. The molecule has 0 aliphatic carbocycles. The molecule has 1 aliphatic heterocycles. The Hall–Kier alpha value is -2.89. The largest absolute Gasteiger partial charge is 0.497 e. The van der Waals surface area contributed by atoms with Gasteiger partial charge in [-0.05, 0) is 60.7 Å². The average molecular weight is 413 g/mol. The van der Waals surface area contributed by atoms with Gasteiger partial charge in [0.25, 0.3) is 5.91 Å². The molecule has 2 unspecified atom stereocenters. The molecule has 0 bridgehead atoms. The van der Waals surface area contributed by atoms with Gasteiger partial charge in [0.1, 0.15) is 11.6 Å². The van der Waals surface area contributed by atoms with Crippen LogP contribution in [0.25, 0.3) is 0 Å². The third-order valence-electron chi connectivity index (χ3n) is 5.61. The van der Waals surface area contributed by atoms with Crippen molar-refractivity contribution in [3.63, 3.8) is 0 Å². The first-order valence-electron chi connectivity index (χ1n) is 10.4. The van der Waals surface area contributed by atoms with Crippen molar-refractivity contribution < 1.29 is 18.7 Å². The Kier molecular flexibility index (Phi) is 7.08. The van der Waals surface area contributed by atoms with Crippen LogP contribution in [0.1, 0.15) is 48.7 Å². The van der Waals surface area contributed by atoms with E-state index in [9.17, 15) is 14.0 Å². The number of hydrogen-bond acceptors (Lipinski definition) is 3. The molecular weight excluding hydrogens is 383 g/mol. The summed E-state index contributed by atoms with van der Waals surface area (Å²) in [4.78, 5) is 27.5. The Balaban J connectivity index is 1.67. The van der Waals surface area contributed by atoms with Gasteiger partial charge in [-0.25, -0.2) is 4.39 Å². The first-order valence-corrected chi connectivity index (χ1v) is 10.4. The van der Waals surface area contributed by atoms with E-state index in [2.05, 4.69) is 19.2 Å². The highest BCUT2D eigenvalue weighted by Gasteiger charge is 2.30. The van der Waals surface area contributed by atoms with Crippen LogP contribution in [-0.4, -0.2) is 36.9 Å². The zero-order valence-corrected chi connectivity index (χ0v) is 17.7. The quantitative estimate of drug-likeness (QED) is 0.774. The third kappa shape index (κ3) is 5.17. The molecule has 0 aromatic heterocycles. The normalized spacial score (nSPS) is 17.5. The van der Waals surface area contributed by atoms with Gasteiger partial charge in [0.05, 0.1) is 19.1 Å². The molecular formula is C24H29FN2O3. The number of carbonyl (C=O) groups is 2. The number of likely N-dealkylation sites (tertiary alicyclic amines) is 1. The first-order chi connectivity index (χ1) is 14.4. The molecule has 1 saturated heterocycles. The van der Waals surface area contributed by atoms with E-state index in [0.29, 0.717) is 18.7 Å². The van der Waals surface area contributed by atoms with E-state index in [4.69, 9.17) is 4.74 Å². The van der Waals surface area contributed by atoms with Crippen molar-refractivity contribution in [2.24, 2.45) is 11.8 Å². The lowest BCUT2D eigenvalue weighted by Gasteiger charge is -2.33. The van der Waals surface area contributed by atoms with Gasteiger partial charge in [0.15, 0.2) is 0 Å². The maximum Gasteiger partial charge on any atom is 0.253 e. The molecule has 3 rings (SSSR count). The highest BCUT2D eigenvalue weighted by molar-refractivity contribution is 5.94. The van der Waals surface area contributed by atoms with E-state index < -0.39 is 0 Å². The van der Waals surface area contributed by atoms with E-state index in [-0.39, 0.29) is 35.5 Å². The summed E-state index contributed by atoms with van der Waals surface area (Å²) in [5.41, 5.74) is 1.46. The number of piperidine rings is 1. The van der Waals surface area contributed by atoms with Crippen LogP contribution in [0.15, 0.2) is 48.5 Å². The summed E-state index contributed by atoms with van der Waals surface area (Å²) in [5, 5.41) is 3.18. The first kappa shape index (κ1) is 21.8. The molecule has 0 radical (unpaired) electrons. The van der Waals surface area contributed by atoms with Gasteiger partial charge >= 0.3 is 0 Å². The van der Waals surface area contributed by atoms with Crippen LogP contribution in [0.2, 0.25) is 0 Å². The molecule has 1 N–H and O–H groups in total. The van der Waals surface area contributed by atoms with Crippen molar-refractivity contribution in [3.05, 3.63) is 65.5 Å². The number of rotatable bonds is 6. The highest BCUT2D eigenvalue weighted by Crippen LogP contribution is 2.26. The lowest BCUT2D eigenvalue weighted by Crippen LogP contribution is -2.46. The van der Waals surface area contributed by atoms with Crippen molar-refractivity contribution in [1.29, 1.82) is 0 Å². The van der Waals surface area contributed by atoms with E-state index in [1.807, 2.05) is 24.3 Å². The second kappa shape index (κ2) is 9.74. The molecule has 1 fully saturated rings. The Morgan fingerprint density at radius 2 is 1.77 bits per heavy atom. The van der Waals surface area contributed by atoms with Gasteiger partial charge in [0.2, 0.25) is 5.91 Å². The van der Waals surface area contributed by atoms with Gasteiger partial charge in [-0.15, -0.1) is 0 Å². The Bertz CT molecular complexity index is 865. The number of nitrogens with zero attached hydrogens (tertiary/aromatic N) is 1. The van der Waals surface area contributed by atoms with Gasteiger partial charge < -0.3 is 15.0 Å². The van der Waals surface area contributed by atoms with Crippen molar-refractivity contribution >= 4 is 11.8 Å². The van der Waals surface area contributed by atoms with E-state index in [0.717, 1.165) is 24.2 Å². The molecule has 2 atom stereocenters. The van der Waals surface area contributed by atoms with Crippen LogP contribution >= 0.6 is 0 Å². The number of amides is 2. The van der Waals surface area contributed by atoms with E-state index in [1.54, 1.807) is 12.0 Å². The molecule has 0 saturated carbocycles. The summed E-state index contributed by atoms with van der Waals surface area (Å²) in [6.07, 6.45) is 1.51. The summed E-state index contributed by atoms with van der Waals surface area (Å²) in [6, 6.07) is 13.1. The molecule has 0 spiro atoms. The maximum atomic E-state index is 13.1. The fourth-order valence-corrected chi connectivity index (χ4v) is 3.87. The standard InChI is InChI=1S/C24H29FN2O3/c1-16(2)22(17-8-12-21(30-3)13-9-17)26-23(28)19-5-4-14-27(15-19)24(29)18-6-10-20(25)11-7-18/h6-13,16,19,22H,4-5,14-15H2,1-3H3,(H,26,28). The zero-order chi connectivity index (χ0) is 21.7. The summed E-state index contributed by atoms with van der Waals surface area (Å²) in [7, 11) is 1.62. The smallest absolute Gasteiger partial charge is 0.253 e. The number of benzene rings is 2. The van der Waals surface area contributed by atoms with Gasteiger partial charge in [-0.1, -0.05) is 26.0 Å². The lowest BCUT2D eigenvalue weighted by molar-refractivity contribution is -0.127. The summed E-state index contributed by atoms with van der Waals surface area (Å²) < 4.78 is 18.4. The molecule has 160 valence electrons. The second-order valence-corrected chi connectivity index (χ2v) is 8.10. The van der Waals surface area contributed by atoms with Crippen LogP contribution in [-0.2, 0) is 4.79 Å². The maximum absolute atomic E-state index is 13.1. The molecule has 1 aliphatic rings.